The number of aromatic nitrogens is 6. The fraction of sp³-hybridized carbons (Fsp3) is 0.417. The van der Waals surface area contributed by atoms with E-state index in [1.807, 2.05) is 30.7 Å². The lowest BCUT2D eigenvalue weighted by Gasteiger charge is -2.27. The van der Waals surface area contributed by atoms with E-state index in [0.717, 1.165) is 53.7 Å². The predicted octanol–water partition coefficient (Wildman–Crippen LogP) is 4.09. The van der Waals surface area contributed by atoms with E-state index in [1.165, 1.54) is 0 Å². The van der Waals surface area contributed by atoms with Gasteiger partial charge in [0.15, 0.2) is 17.0 Å². The van der Waals surface area contributed by atoms with E-state index in [0.29, 0.717) is 30.4 Å². The highest BCUT2D eigenvalue weighted by Crippen LogP contribution is 2.27. The first kappa shape index (κ1) is 21.4. The van der Waals surface area contributed by atoms with Crippen molar-refractivity contribution in [3.05, 3.63) is 48.5 Å². The lowest BCUT2D eigenvalue weighted by Crippen LogP contribution is -2.33. The van der Waals surface area contributed by atoms with E-state index in [-0.39, 0.29) is 6.04 Å². The quantitative estimate of drug-likeness (QED) is 0.338. The normalized spacial score (nSPS) is 18.7. The summed E-state index contributed by atoms with van der Waals surface area (Å²) in [5.74, 6) is 1.34. The number of anilines is 2. The number of hydrogen-bond acceptors (Lipinski definition) is 7. The van der Waals surface area contributed by atoms with Gasteiger partial charge in [0.25, 0.3) is 0 Å². The zero-order valence-electron chi connectivity index (χ0n) is 19.1. The molecule has 0 bridgehead atoms. The van der Waals surface area contributed by atoms with Crippen molar-refractivity contribution in [3.8, 4) is 11.1 Å². The molecule has 5 rings (SSSR count). The Morgan fingerprint density at radius 1 is 1.12 bits per heavy atom. The summed E-state index contributed by atoms with van der Waals surface area (Å²) in [7, 11) is 0. The Hall–Kier alpha value is -3.46. The summed E-state index contributed by atoms with van der Waals surface area (Å²) >= 11 is 0. The minimum atomic E-state index is 0.246. The Bertz CT molecular complexity index is 1200. The summed E-state index contributed by atoms with van der Waals surface area (Å²) in [5, 5.41) is 14.4. The molecule has 1 aliphatic carbocycles. The zero-order chi connectivity index (χ0) is 22.8. The molecule has 0 amide bonds. The summed E-state index contributed by atoms with van der Waals surface area (Å²) in [4.78, 5) is 14.3. The highest BCUT2D eigenvalue weighted by molar-refractivity contribution is 5.84. The predicted molar refractivity (Wildman–Crippen MR) is 131 cm³/mol. The van der Waals surface area contributed by atoms with Crippen LogP contribution in [0.15, 0.2) is 42.9 Å². The van der Waals surface area contributed by atoms with Gasteiger partial charge in [-0.2, -0.15) is 15.1 Å². The minimum absolute atomic E-state index is 0.246. The molecule has 1 fully saturated rings. The molecule has 33 heavy (non-hydrogen) atoms. The van der Waals surface area contributed by atoms with E-state index >= 15 is 0 Å². The second-order valence-corrected chi connectivity index (χ2v) is 9.05. The fourth-order valence-electron chi connectivity index (χ4n) is 4.41. The molecule has 172 valence electrons. The van der Waals surface area contributed by atoms with Crippen LogP contribution in [0.1, 0.15) is 51.3 Å². The number of H-pyrrole nitrogens is 1. The molecule has 0 aliphatic heterocycles. The van der Waals surface area contributed by atoms with Gasteiger partial charge < -0.3 is 20.9 Å². The average molecular weight is 446 g/mol. The number of aromatic amines is 1. The van der Waals surface area contributed by atoms with Crippen molar-refractivity contribution in [3.63, 3.8) is 0 Å². The van der Waals surface area contributed by atoms with Crippen LogP contribution in [-0.2, 0) is 6.54 Å². The van der Waals surface area contributed by atoms with Crippen molar-refractivity contribution in [2.75, 3.05) is 10.6 Å². The van der Waals surface area contributed by atoms with Gasteiger partial charge in [0.1, 0.15) is 0 Å². The molecule has 3 aromatic heterocycles. The van der Waals surface area contributed by atoms with Crippen LogP contribution in [0.25, 0.3) is 22.3 Å². The van der Waals surface area contributed by atoms with Gasteiger partial charge in [-0.15, -0.1) is 0 Å². The Kier molecular flexibility index (Phi) is 5.95. The van der Waals surface area contributed by atoms with Crippen molar-refractivity contribution in [1.29, 1.82) is 0 Å². The maximum absolute atomic E-state index is 6.08. The molecule has 0 atom stereocenters. The first-order valence-electron chi connectivity index (χ1n) is 11.7. The Morgan fingerprint density at radius 2 is 1.91 bits per heavy atom. The smallest absolute Gasteiger partial charge is 0.227 e. The second kappa shape index (κ2) is 9.19. The van der Waals surface area contributed by atoms with Crippen LogP contribution in [0.5, 0.6) is 0 Å². The third-order valence-corrected chi connectivity index (χ3v) is 6.32. The van der Waals surface area contributed by atoms with Gasteiger partial charge in [0.05, 0.1) is 24.8 Å². The number of nitrogens with two attached hydrogens (primary N) is 1. The average Bonchev–Trinajstić information content (AvgIpc) is 3.47. The maximum atomic E-state index is 6.08. The van der Waals surface area contributed by atoms with E-state index in [2.05, 4.69) is 56.4 Å². The van der Waals surface area contributed by atoms with Gasteiger partial charge in [-0.05, 0) is 45.1 Å². The number of nitrogens with one attached hydrogen (secondary N) is 3. The summed E-state index contributed by atoms with van der Waals surface area (Å²) < 4.78 is 2.08. The zero-order valence-corrected chi connectivity index (χ0v) is 19.1. The van der Waals surface area contributed by atoms with E-state index in [1.54, 1.807) is 0 Å². The number of benzene rings is 1. The van der Waals surface area contributed by atoms with Crippen molar-refractivity contribution in [2.24, 2.45) is 5.73 Å². The molecule has 0 saturated heterocycles. The van der Waals surface area contributed by atoms with Crippen LogP contribution in [-0.4, -0.2) is 41.8 Å². The first-order chi connectivity index (χ1) is 16.1. The molecule has 3 heterocycles. The SMILES string of the molecule is CC(C)n1cnc2c(NCc3[nH]ncc3-c3ccccc3)nc(NC3CCC(N)CC3)nc21. The lowest BCUT2D eigenvalue weighted by atomic mass is 9.92. The summed E-state index contributed by atoms with van der Waals surface area (Å²) in [6, 6.07) is 11.1. The number of rotatable bonds is 7. The van der Waals surface area contributed by atoms with Crippen LogP contribution < -0.4 is 16.4 Å². The monoisotopic (exact) mass is 445 g/mol. The van der Waals surface area contributed by atoms with Gasteiger partial charge in [-0.25, -0.2) is 4.98 Å². The minimum Gasteiger partial charge on any atom is -0.362 e. The highest BCUT2D eigenvalue weighted by Gasteiger charge is 2.21. The maximum Gasteiger partial charge on any atom is 0.227 e. The Labute approximate surface area is 193 Å². The summed E-state index contributed by atoms with van der Waals surface area (Å²) in [6.45, 7) is 4.80. The molecular formula is C24H31N9. The van der Waals surface area contributed by atoms with Crippen molar-refractivity contribution in [2.45, 2.75) is 64.2 Å². The number of nitrogens with zero attached hydrogens (tertiary/aromatic N) is 5. The lowest BCUT2D eigenvalue weighted by molar-refractivity contribution is 0.410. The van der Waals surface area contributed by atoms with Gasteiger partial charge in [0.2, 0.25) is 5.95 Å². The molecule has 9 heteroatoms. The van der Waals surface area contributed by atoms with Crippen molar-refractivity contribution < 1.29 is 0 Å². The number of imidazole rings is 1. The highest BCUT2D eigenvalue weighted by atomic mass is 15.2. The van der Waals surface area contributed by atoms with Gasteiger partial charge >= 0.3 is 0 Å². The van der Waals surface area contributed by atoms with Crippen LogP contribution in [0.2, 0.25) is 0 Å². The molecule has 5 N–H and O–H groups in total. The number of hydrogen-bond donors (Lipinski definition) is 4. The fourth-order valence-corrected chi connectivity index (χ4v) is 4.41. The third-order valence-electron chi connectivity index (χ3n) is 6.32. The van der Waals surface area contributed by atoms with Gasteiger partial charge in [-0.3, -0.25) is 5.10 Å². The van der Waals surface area contributed by atoms with E-state index < -0.39 is 0 Å². The summed E-state index contributed by atoms with van der Waals surface area (Å²) in [5.41, 5.74) is 10.9. The Morgan fingerprint density at radius 3 is 2.67 bits per heavy atom. The van der Waals surface area contributed by atoms with Crippen LogP contribution in [0.3, 0.4) is 0 Å². The van der Waals surface area contributed by atoms with Gasteiger partial charge in [0, 0.05) is 23.7 Å². The van der Waals surface area contributed by atoms with Crippen molar-refractivity contribution >= 4 is 22.9 Å². The molecule has 9 nitrogen and oxygen atoms in total. The molecule has 1 aromatic carbocycles. The molecule has 0 unspecified atom stereocenters. The summed E-state index contributed by atoms with van der Waals surface area (Å²) in [6.07, 6.45) is 7.81. The largest absolute Gasteiger partial charge is 0.362 e. The van der Waals surface area contributed by atoms with Crippen LogP contribution in [0, 0.1) is 0 Å². The first-order valence-corrected chi connectivity index (χ1v) is 11.7. The van der Waals surface area contributed by atoms with Crippen LogP contribution in [0.4, 0.5) is 11.8 Å². The second-order valence-electron chi connectivity index (χ2n) is 9.05. The van der Waals surface area contributed by atoms with E-state index in [9.17, 15) is 0 Å². The third kappa shape index (κ3) is 4.54. The number of fused-ring (bicyclic) bond motifs is 1. The topological polar surface area (TPSA) is 122 Å². The molecule has 0 spiro atoms. The van der Waals surface area contributed by atoms with Crippen molar-refractivity contribution in [1.82, 2.24) is 29.7 Å². The molecule has 1 aliphatic rings. The van der Waals surface area contributed by atoms with Gasteiger partial charge in [-0.1, -0.05) is 30.3 Å². The molecule has 4 aromatic rings. The molecule has 1 saturated carbocycles. The standard InChI is InChI=1S/C24H31N9/c1-15(2)33-14-27-21-22(26-13-20-19(12-28-32-20)16-6-4-3-5-7-16)30-24(31-23(21)33)29-18-10-8-17(25)9-11-18/h3-7,12,14-15,17-18H,8-11,13,25H2,1-2H3,(H,28,32)(H2,26,29,30,31). The van der Waals surface area contributed by atoms with Crippen LogP contribution >= 0.6 is 0 Å². The Balaban J connectivity index is 1.43. The molecular weight excluding hydrogens is 414 g/mol. The molecule has 0 radical (unpaired) electrons. The van der Waals surface area contributed by atoms with E-state index in [4.69, 9.17) is 15.7 Å².